The Labute approximate surface area is 94.6 Å². The van der Waals surface area contributed by atoms with E-state index in [1.807, 2.05) is 18.7 Å². The highest BCUT2D eigenvalue weighted by Crippen LogP contribution is 2.34. The fraction of sp³-hybridized carbons (Fsp3) is 0.636. The Bertz CT molecular complexity index is 371. The van der Waals surface area contributed by atoms with Gasteiger partial charge in [0.15, 0.2) is 5.96 Å². The smallest absolute Gasteiger partial charge is 0.308 e. The van der Waals surface area contributed by atoms with Crippen molar-refractivity contribution in [3.63, 3.8) is 0 Å². The van der Waals surface area contributed by atoms with Crippen LogP contribution in [0.1, 0.15) is 20.3 Å². The van der Waals surface area contributed by atoms with Gasteiger partial charge in [-0.3, -0.25) is 9.79 Å². The predicted octanol–water partition coefficient (Wildman–Crippen LogP) is 0.425. The molecule has 3 atom stereocenters. The molecule has 0 aromatic rings. The van der Waals surface area contributed by atoms with E-state index in [1.165, 1.54) is 5.57 Å². The Kier molecular flexibility index (Phi) is 2.61. The first-order valence-corrected chi connectivity index (χ1v) is 5.47. The third-order valence-corrected chi connectivity index (χ3v) is 3.22. The molecule has 5 heteroatoms. The van der Waals surface area contributed by atoms with Crippen LogP contribution < -0.4 is 5.73 Å². The lowest BCUT2D eigenvalue weighted by Gasteiger charge is -2.24. The van der Waals surface area contributed by atoms with Crippen LogP contribution in [0.3, 0.4) is 0 Å². The van der Waals surface area contributed by atoms with E-state index in [0.717, 1.165) is 0 Å². The largest absolute Gasteiger partial charge is 0.481 e. The van der Waals surface area contributed by atoms with Crippen LogP contribution in [0.4, 0.5) is 0 Å². The van der Waals surface area contributed by atoms with E-state index in [0.29, 0.717) is 18.9 Å². The number of carboxylic acids is 1. The van der Waals surface area contributed by atoms with Gasteiger partial charge in [-0.15, -0.1) is 0 Å². The number of allylic oxidation sites excluding steroid dienone is 1. The molecule has 0 aliphatic carbocycles. The number of rotatable bonds is 2. The summed E-state index contributed by atoms with van der Waals surface area (Å²) < 4.78 is 0. The zero-order valence-corrected chi connectivity index (χ0v) is 9.55. The first-order chi connectivity index (χ1) is 7.50. The summed E-state index contributed by atoms with van der Waals surface area (Å²) in [5, 5.41) is 9.16. The molecular formula is C11H17N3O2. The number of carbonyl (C=O) groups is 1. The van der Waals surface area contributed by atoms with Crippen molar-refractivity contribution < 1.29 is 9.90 Å². The summed E-state index contributed by atoms with van der Waals surface area (Å²) in [6.45, 7) is 4.52. The molecule has 0 bridgehead atoms. The van der Waals surface area contributed by atoms with Gasteiger partial charge in [0.2, 0.25) is 0 Å². The molecule has 0 unspecified atom stereocenters. The molecule has 5 nitrogen and oxygen atoms in total. The summed E-state index contributed by atoms with van der Waals surface area (Å²) in [7, 11) is 0. The molecule has 2 rings (SSSR count). The SMILES string of the molecule is CC(C)=C[C@@H]1C[C@@H](C(=O)O)[C@@H]2CN=C(N)N12. The lowest BCUT2D eigenvalue weighted by Crippen LogP contribution is -2.42. The number of aliphatic carboxylic acids is 1. The van der Waals surface area contributed by atoms with E-state index in [9.17, 15) is 4.79 Å². The molecule has 0 saturated carbocycles. The fourth-order valence-electron chi connectivity index (χ4n) is 2.59. The van der Waals surface area contributed by atoms with Gasteiger partial charge >= 0.3 is 5.97 Å². The Hall–Kier alpha value is -1.52. The van der Waals surface area contributed by atoms with Crippen molar-refractivity contribution in [2.75, 3.05) is 6.54 Å². The van der Waals surface area contributed by atoms with E-state index in [1.54, 1.807) is 0 Å². The maximum absolute atomic E-state index is 11.1. The normalized spacial score (nSPS) is 32.2. The number of fused-ring (bicyclic) bond motifs is 1. The average molecular weight is 223 g/mol. The summed E-state index contributed by atoms with van der Waals surface area (Å²) in [6.07, 6.45) is 2.70. The molecule has 2 heterocycles. The second kappa shape index (κ2) is 3.81. The number of carboxylic acid groups (broad SMARTS) is 1. The van der Waals surface area contributed by atoms with Crippen LogP contribution in [-0.4, -0.2) is 40.6 Å². The van der Waals surface area contributed by atoms with Gasteiger partial charge in [0.05, 0.1) is 24.5 Å². The monoisotopic (exact) mass is 223 g/mol. The second-order valence-electron chi connectivity index (χ2n) is 4.67. The lowest BCUT2D eigenvalue weighted by atomic mass is 9.99. The Morgan fingerprint density at radius 1 is 1.62 bits per heavy atom. The van der Waals surface area contributed by atoms with Crippen molar-refractivity contribution in [3.8, 4) is 0 Å². The van der Waals surface area contributed by atoms with Gasteiger partial charge in [-0.2, -0.15) is 0 Å². The standard InChI is InChI=1S/C11H17N3O2/c1-6(2)3-7-4-8(10(15)16)9-5-13-11(12)14(7)9/h3,7-9H,4-5H2,1-2H3,(H2,12,13)(H,15,16)/t7-,8-,9+/m1/s1. The Morgan fingerprint density at radius 3 is 2.88 bits per heavy atom. The third kappa shape index (κ3) is 1.66. The number of aliphatic imine (C=N–C) groups is 1. The molecule has 16 heavy (non-hydrogen) atoms. The quantitative estimate of drug-likeness (QED) is 0.665. The van der Waals surface area contributed by atoms with Gasteiger partial charge in [0.1, 0.15) is 0 Å². The Balaban J connectivity index is 2.26. The van der Waals surface area contributed by atoms with Gasteiger partial charge in [-0.25, -0.2) is 0 Å². The summed E-state index contributed by atoms with van der Waals surface area (Å²) in [4.78, 5) is 17.2. The number of hydrogen-bond donors (Lipinski definition) is 2. The highest BCUT2D eigenvalue weighted by molar-refractivity contribution is 5.83. The molecule has 1 fully saturated rings. The Morgan fingerprint density at radius 2 is 2.31 bits per heavy atom. The van der Waals surface area contributed by atoms with Crippen molar-refractivity contribution >= 4 is 11.9 Å². The van der Waals surface area contributed by atoms with E-state index in [4.69, 9.17) is 10.8 Å². The number of nitrogens with zero attached hydrogens (tertiary/aromatic N) is 2. The minimum Gasteiger partial charge on any atom is -0.481 e. The average Bonchev–Trinajstić information content (AvgIpc) is 2.68. The number of hydrogen-bond acceptors (Lipinski definition) is 4. The van der Waals surface area contributed by atoms with Crippen LogP contribution in [0.15, 0.2) is 16.6 Å². The molecule has 0 spiro atoms. The van der Waals surface area contributed by atoms with Crippen molar-refractivity contribution in [1.82, 2.24) is 4.90 Å². The van der Waals surface area contributed by atoms with E-state index < -0.39 is 5.97 Å². The van der Waals surface area contributed by atoms with Crippen LogP contribution in [0.25, 0.3) is 0 Å². The molecule has 2 aliphatic heterocycles. The molecule has 3 N–H and O–H groups in total. The van der Waals surface area contributed by atoms with E-state index in [2.05, 4.69) is 11.1 Å². The molecular weight excluding hydrogens is 206 g/mol. The van der Waals surface area contributed by atoms with Crippen LogP contribution >= 0.6 is 0 Å². The predicted molar refractivity (Wildman–Crippen MR) is 61.1 cm³/mol. The summed E-state index contributed by atoms with van der Waals surface area (Å²) in [5.74, 6) is -0.619. The van der Waals surface area contributed by atoms with Crippen LogP contribution in [0, 0.1) is 5.92 Å². The molecule has 0 radical (unpaired) electrons. The summed E-state index contributed by atoms with van der Waals surface area (Å²) in [6, 6.07) is 0.0282. The van der Waals surface area contributed by atoms with Gasteiger partial charge in [-0.05, 0) is 20.3 Å². The number of nitrogens with two attached hydrogens (primary N) is 1. The van der Waals surface area contributed by atoms with Crippen LogP contribution in [0.2, 0.25) is 0 Å². The van der Waals surface area contributed by atoms with Gasteiger partial charge in [-0.1, -0.05) is 11.6 Å². The molecule has 1 saturated heterocycles. The molecule has 0 aromatic heterocycles. The topological polar surface area (TPSA) is 78.9 Å². The summed E-state index contributed by atoms with van der Waals surface area (Å²) >= 11 is 0. The lowest BCUT2D eigenvalue weighted by molar-refractivity contribution is -0.142. The first-order valence-electron chi connectivity index (χ1n) is 5.47. The third-order valence-electron chi connectivity index (χ3n) is 3.22. The van der Waals surface area contributed by atoms with E-state index in [-0.39, 0.29) is 18.0 Å². The highest BCUT2D eigenvalue weighted by Gasteiger charge is 2.47. The minimum atomic E-state index is -0.746. The maximum Gasteiger partial charge on any atom is 0.308 e. The van der Waals surface area contributed by atoms with Crippen molar-refractivity contribution in [1.29, 1.82) is 0 Å². The van der Waals surface area contributed by atoms with Crippen LogP contribution in [0.5, 0.6) is 0 Å². The molecule has 88 valence electrons. The maximum atomic E-state index is 11.1. The fourth-order valence-corrected chi connectivity index (χ4v) is 2.59. The van der Waals surface area contributed by atoms with Crippen molar-refractivity contribution in [3.05, 3.63) is 11.6 Å². The molecule has 0 aromatic carbocycles. The molecule has 0 amide bonds. The van der Waals surface area contributed by atoms with Gasteiger partial charge in [0.25, 0.3) is 0 Å². The van der Waals surface area contributed by atoms with Gasteiger partial charge in [0, 0.05) is 0 Å². The van der Waals surface area contributed by atoms with E-state index >= 15 is 0 Å². The van der Waals surface area contributed by atoms with Crippen LogP contribution in [-0.2, 0) is 4.79 Å². The first kappa shape index (κ1) is 11.0. The summed E-state index contributed by atoms with van der Waals surface area (Å²) in [5.41, 5.74) is 6.98. The number of guanidine groups is 1. The molecule has 2 aliphatic rings. The minimum absolute atomic E-state index is 0.0573. The zero-order chi connectivity index (χ0) is 11.9. The van der Waals surface area contributed by atoms with Crippen molar-refractivity contribution in [2.24, 2.45) is 16.6 Å². The van der Waals surface area contributed by atoms with Crippen molar-refractivity contribution in [2.45, 2.75) is 32.4 Å². The zero-order valence-electron chi connectivity index (χ0n) is 9.55. The highest BCUT2D eigenvalue weighted by atomic mass is 16.4. The second-order valence-corrected chi connectivity index (χ2v) is 4.67. The van der Waals surface area contributed by atoms with Gasteiger partial charge < -0.3 is 15.7 Å².